The number of anilines is 2. The van der Waals surface area contributed by atoms with E-state index < -0.39 is 11.5 Å². The van der Waals surface area contributed by atoms with E-state index in [9.17, 15) is 14.7 Å². The fraction of sp³-hybridized carbons (Fsp3) is 0.429. The second-order valence-corrected chi connectivity index (χ2v) is 11.7. The number of nitrogens with zero attached hydrogens (tertiary/aromatic N) is 2. The van der Waals surface area contributed by atoms with Crippen LogP contribution in [0.25, 0.3) is 9.88 Å². The molecule has 0 bridgehead atoms. The number of aryl methyl sites for hydroxylation is 1. The molecule has 2 fully saturated rings. The Morgan fingerprint density at radius 3 is 3.03 bits per heavy atom. The van der Waals surface area contributed by atoms with E-state index in [-0.39, 0.29) is 28.3 Å². The summed E-state index contributed by atoms with van der Waals surface area (Å²) < 4.78 is 10.4. The maximum absolute atomic E-state index is 12.8. The van der Waals surface area contributed by atoms with Crippen LogP contribution < -0.4 is 21.0 Å². The Balaban J connectivity index is 1.35. The zero-order valence-corrected chi connectivity index (χ0v) is 20.6. The summed E-state index contributed by atoms with van der Waals surface area (Å²) in [6.07, 6.45) is 3.27. The molecule has 1 amide bonds. The monoisotopic (exact) mass is 502 g/mol. The molecule has 3 aromatic rings. The number of methoxy groups -OCH3 is 1. The molecular formula is C21H22N4O5S2Si. The third kappa shape index (κ3) is 4.01. The van der Waals surface area contributed by atoms with Gasteiger partial charge in [0.1, 0.15) is 0 Å². The third-order valence-electron chi connectivity index (χ3n) is 6.11. The molecule has 3 aromatic heterocycles. The Labute approximate surface area is 200 Å². The van der Waals surface area contributed by atoms with Gasteiger partial charge in [-0.3, -0.25) is 10.1 Å². The number of aliphatic hydroxyl groups is 1. The largest absolute Gasteiger partial charge is 0.488 e. The van der Waals surface area contributed by atoms with Gasteiger partial charge in [0.15, 0.2) is 10.8 Å². The standard InChI is InChI=1S/C21H22N4O5S2Si/c1-3-10-6-8-31-15(10)17-24-25-20(32-17)23-16(27)12-9-11(14(29-2)18(28)30-12)22-19-21(33-19)7-4-5-13(21)26/h6,8-9,13,19,22,26H,3-5,7H2,1-2H3,(H,23,25,27)/t13-,19?,21-/m1/s1. The van der Waals surface area contributed by atoms with E-state index in [1.54, 1.807) is 11.3 Å². The highest BCUT2D eigenvalue weighted by Gasteiger charge is 2.61. The Bertz CT molecular complexity index is 1260. The van der Waals surface area contributed by atoms with Gasteiger partial charge in [-0.2, -0.15) is 0 Å². The van der Waals surface area contributed by atoms with Crippen LogP contribution in [-0.4, -0.2) is 49.6 Å². The quantitative estimate of drug-likeness (QED) is 0.421. The van der Waals surface area contributed by atoms with Crippen molar-refractivity contribution in [1.29, 1.82) is 0 Å². The second kappa shape index (κ2) is 8.67. The number of carbonyl (C=O) groups excluding carboxylic acids is 1. The van der Waals surface area contributed by atoms with Crippen LogP contribution in [0.1, 0.15) is 42.3 Å². The SMILES string of the molecule is CCc1ccsc1-c1nnc(NC(=O)c2cc(NC3[Si][C@@]34CCC[C@H]4O)c(OC)c(=O)o2)s1. The van der Waals surface area contributed by atoms with Crippen molar-refractivity contribution in [2.45, 2.75) is 49.4 Å². The maximum atomic E-state index is 12.8. The summed E-state index contributed by atoms with van der Waals surface area (Å²) in [4.78, 5) is 26.3. The predicted octanol–water partition coefficient (Wildman–Crippen LogP) is 3.20. The molecule has 172 valence electrons. The molecule has 5 rings (SSSR count). The normalized spacial score (nSPS) is 23.6. The molecule has 1 aliphatic heterocycles. The number of carbonyl (C=O) groups is 1. The van der Waals surface area contributed by atoms with Crippen LogP contribution in [0.15, 0.2) is 26.7 Å². The first-order valence-corrected chi connectivity index (χ1v) is 13.4. The lowest BCUT2D eigenvalue weighted by Crippen LogP contribution is -2.20. The van der Waals surface area contributed by atoms with Crippen LogP contribution in [0.4, 0.5) is 10.8 Å². The average molecular weight is 503 g/mol. The van der Waals surface area contributed by atoms with Crippen LogP contribution >= 0.6 is 22.7 Å². The lowest BCUT2D eigenvalue weighted by atomic mass is 10.1. The zero-order chi connectivity index (χ0) is 23.2. The maximum Gasteiger partial charge on any atom is 0.381 e. The first-order valence-electron chi connectivity index (χ1n) is 10.6. The van der Waals surface area contributed by atoms with Crippen LogP contribution in [0.3, 0.4) is 0 Å². The molecule has 2 radical (unpaired) electrons. The van der Waals surface area contributed by atoms with Gasteiger partial charge in [0.25, 0.3) is 5.91 Å². The van der Waals surface area contributed by atoms with Crippen LogP contribution in [0.5, 0.6) is 5.75 Å². The Kier molecular flexibility index (Phi) is 5.85. The fourth-order valence-corrected chi connectivity index (χ4v) is 7.89. The zero-order valence-electron chi connectivity index (χ0n) is 18.0. The number of aliphatic hydroxyl groups excluding tert-OH is 1. The van der Waals surface area contributed by atoms with Gasteiger partial charge in [-0.15, -0.1) is 21.5 Å². The van der Waals surface area contributed by atoms with Gasteiger partial charge in [0, 0.05) is 16.8 Å². The Morgan fingerprint density at radius 2 is 2.30 bits per heavy atom. The summed E-state index contributed by atoms with van der Waals surface area (Å²) in [7, 11) is 1.92. The minimum atomic E-state index is -0.748. The Morgan fingerprint density at radius 1 is 1.45 bits per heavy atom. The fourth-order valence-electron chi connectivity index (χ4n) is 4.29. The van der Waals surface area contributed by atoms with Gasteiger partial charge in [-0.05, 0) is 36.3 Å². The molecule has 1 saturated heterocycles. The molecular weight excluding hydrogens is 480 g/mol. The van der Waals surface area contributed by atoms with E-state index >= 15 is 0 Å². The molecule has 1 unspecified atom stereocenters. The predicted molar refractivity (Wildman–Crippen MR) is 128 cm³/mol. The molecule has 1 spiro atoms. The first-order chi connectivity index (χ1) is 15.9. The average Bonchev–Trinajstić information content (AvgIpc) is 3.19. The molecule has 12 heteroatoms. The minimum absolute atomic E-state index is 0.00822. The smallest absolute Gasteiger partial charge is 0.381 e. The number of rotatable bonds is 7. The highest BCUT2D eigenvalue weighted by atomic mass is 32.1. The van der Waals surface area contributed by atoms with Crippen molar-refractivity contribution >= 4 is 48.9 Å². The number of hydrogen-bond acceptors (Lipinski definition) is 10. The van der Waals surface area contributed by atoms with Crippen molar-refractivity contribution in [3.8, 4) is 15.6 Å². The summed E-state index contributed by atoms with van der Waals surface area (Å²) in [5.41, 5.74) is 0.862. The van der Waals surface area contributed by atoms with E-state index in [1.165, 1.54) is 30.1 Å². The Hall–Kier alpha value is -2.54. The van der Waals surface area contributed by atoms with E-state index in [0.717, 1.165) is 35.6 Å². The second-order valence-electron chi connectivity index (χ2n) is 8.01. The van der Waals surface area contributed by atoms with Crippen molar-refractivity contribution in [2.24, 2.45) is 0 Å². The third-order valence-corrected chi connectivity index (χ3v) is 10.1. The first kappa shape index (κ1) is 22.3. The molecule has 9 nitrogen and oxygen atoms in total. The molecule has 0 aromatic carbocycles. The summed E-state index contributed by atoms with van der Waals surface area (Å²) in [5.74, 6) is -0.749. The molecule has 3 atom stereocenters. The molecule has 3 N–H and O–H groups in total. The molecule has 4 heterocycles. The molecule has 33 heavy (non-hydrogen) atoms. The summed E-state index contributed by atoms with van der Waals surface area (Å²) in [5, 5.41) is 27.5. The van der Waals surface area contributed by atoms with E-state index in [4.69, 9.17) is 9.15 Å². The number of ether oxygens (including phenoxy) is 1. The van der Waals surface area contributed by atoms with E-state index in [0.29, 0.717) is 20.3 Å². The van der Waals surface area contributed by atoms with Crippen LogP contribution in [0, 0.1) is 0 Å². The van der Waals surface area contributed by atoms with Gasteiger partial charge >= 0.3 is 5.63 Å². The minimum Gasteiger partial charge on any atom is -0.488 e. The number of hydrogen-bond donors (Lipinski definition) is 3. The van der Waals surface area contributed by atoms with Gasteiger partial charge in [-0.25, -0.2) is 4.79 Å². The van der Waals surface area contributed by atoms with Crippen molar-refractivity contribution in [2.75, 3.05) is 17.7 Å². The highest BCUT2D eigenvalue weighted by Crippen LogP contribution is 2.59. The number of amides is 1. The number of nitrogens with one attached hydrogen (secondary N) is 2. The molecule has 1 aliphatic carbocycles. The molecule has 1 saturated carbocycles. The number of thiophene rings is 1. The number of aromatic nitrogens is 2. The lowest BCUT2D eigenvalue weighted by molar-refractivity contribution is 0.0991. The van der Waals surface area contributed by atoms with Gasteiger partial charge in [-0.1, -0.05) is 24.7 Å². The van der Waals surface area contributed by atoms with Gasteiger partial charge < -0.3 is 19.6 Å². The summed E-state index contributed by atoms with van der Waals surface area (Å²) in [6, 6.07) is 3.51. The van der Waals surface area contributed by atoms with Crippen molar-refractivity contribution < 1.29 is 19.1 Å². The van der Waals surface area contributed by atoms with Gasteiger partial charge in [0.05, 0.1) is 33.3 Å². The van der Waals surface area contributed by atoms with Crippen LogP contribution in [-0.2, 0) is 6.42 Å². The molecule has 2 aliphatic rings. The summed E-state index contributed by atoms with van der Waals surface area (Å²) in [6.45, 7) is 2.07. The van der Waals surface area contributed by atoms with Crippen molar-refractivity contribution in [1.82, 2.24) is 10.2 Å². The van der Waals surface area contributed by atoms with Crippen molar-refractivity contribution in [3.63, 3.8) is 0 Å². The highest BCUT2D eigenvalue weighted by molar-refractivity contribution is 7.23. The van der Waals surface area contributed by atoms with Crippen molar-refractivity contribution in [3.05, 3.63) is 39.3 Å². The summed E-state index contributed by atoms with van der Waals surface area (Å²) >= 11 is 2.84. The van der Waals surface area contributed by atoms with E-state index in [1.807, 2.05) is 5.38 Å². The topological polar surface area (TPSA) is 127 Å². The van der Waals surface area contributed by atoms with Gasteiger partial charge in [0.2, 0.25) is 10.9 Å². The van der Waals surface area contributed by atoms with E-state index in [2.05, 4.69) is 33.8 Å². The lowest BCUT2D eigenvalue weighted by Gasteiger charge is -2.17. The van der Waals surface area contributed by atoms with Crippen LogP contribution in [0.2, 0.25) is 5.04 Å².